The van der Waals surface area contributed by atoms with E-state index in [0.29, 0.717) is 28.8 Å². The minimum atomic E-state index is -3.73. The number of nitrogens with one attached hydrogen (secondary N) is 1. The van der Waals surface area contributed by atoms with E-state index in [0.717, 1.165) is 0 Å². The van der Waals surface area contributed by atoms with Crippen LogP contribution in [0.5, 0.6) is 5.75 Å². The molecule has 0 saturated heterocycles. The average Bonchev–Trinajstić information content (AvgIpc) is 2.54. The first-order chi connectivity index (χ1) is 10.9. The van der Waals surface area contributed by atoms with Crippen molar-refractivity contribution in [2.24, 2.45) is 0 Å². The summed E-state index contributed by atoms with van der Waals surface area (Å²) in [7, 11) is -3.73. The highest BCUT2D eigenvalue weighted by molar-refractivity contribution is 9.10. The molecular weight excluding hydrogens is 382 g/mol. The van der Waals surface area contributed by atoms with E-state index in [1.165, 1.54) is 6.07 Å². The molecule has 0 amide bonds. The molecule has 0 spiro atoms. The second kappa shape index (κ2) is 6.24. The molecule has 1 heterocycles. The highest BCUT2D eigenvalue weighted by Gasteiger charge is 2.36. The number of benzene rings is 2. The number of aliphatic hydroxyl groups is 1. The van der Waals surface area contributed by atoms with Crippen LogP contribution in [-0.2, 0) is 15.6 Å². The van der Waals surface area contributed by atoms with Gasteiger partial charge in [0, 0.05) is 23.0 Å². The van der Waals surface area contributed by atoms with Crippen LogP contribution in [0.1, 0.15) is 12.0 Å². The molecule has 0 saturated carbocycles. The molecule has 2 N–H and O–H groups in total. The number of fused-ring (bicyclic) bond motifs is 1. The standard InChI is InChI=1S/C16H16BrNO4S/c17-13-6-2-4-8-15(13)23(20,21)18-11-16(19)9-10-22-14-7-3-1-5-12(14)16/h1-8,18-19H,9-11H2/t16-/m1/s1. The predicted octanol–water partition coefficient (Wildman–Crippen LogP) is 2.40. The Morgan fingerprint density at radius 3 is 2.65 bits per heavy atom. The Labute approximate surface area is 143 Å². The minimum absolute atomic E-state index is 0.114. The maximum Gasteiger partial charge on any atom is 0.241 e. The summed E-state index contributed by atoms with van der Waals surface area (Å²) in [5.41, 5.74) is -0.690. The van der Waals surface area contributed by atoms with Crippen LogP contribution in [0.25, 0.3) is 0 Å². The van der Waals surface area contributed by atoms with Gasteiger partial charge in [-0.1, -0.05) is 30.3 Å². The van der Waals surface area contributed by atoms with Gasteiger partial charge in [-0.2, -0.15) is 0 Å². The SMILES string of the molecule is O=S(=O)(NC[C@]1(O)CCOc2ccccc21)c1ccccc1Br. The van der Waals surface area contributed by atoms with E-state index < -0.39 is 15.6 Å². The average molecular weight is 398 g/mol. The number of para-hydroxylation sites is 1. The Bertz CT molecular complexity index is 824. The molecule has 0 radical (unpaired) electrons. The molecule has 23 heavy (non-hydrogen) atoms. The quantitative estimate of drug-likeness (QED) is 0.830. The number of halogens is 1. The maximum atomic E-state index is 12.5. The second-order valence-electron chi connectivity index (χ2n) is 5.38. The molecule has 0 aromatic heterocycles. The smallest absolute Gasteiger partial charge is 0.241 e. The first-order valence-electron chi connectivity index (χ1n) is 7.11. The maximum absolute atomic E-state index is 12.5. The van der Waals surface area contributed by atoms with Crippen molar-refractivity contribution in [3.05, 3.63) is 58.6 Å². The van der Waals surface area contributed by atoms with Crippen molar-refractivity contribution >= 4 is 26.0 Å². The summed E-state index contributed by atoms with van der Waals surface area (Å²) in [6.45, 7) is 0.224. The minimum Gasteiger partial charge on any atom is -0.493 e. The Kier molecular flexibility index (Phi) is 4.46. The fraction of sp³-hybridized carbons (Fsp3) is 0.250. The summed E-state index contributed by atoms with van der Waals surface area (Å²) in [6.07, 6.45) is 0.322. The number of hydrogen-bond acceptors (Lipinski definition) is 4. The van der Waals surface area contributed by atoms with Crippen molar-refractivity contribution in [2.45, 2.75) is 16.9 Å². The van der Waals surface area contributed by atoms with Crippen LogP contribution < -0.4 is 9.46 Å². The van der Waals surface area contributed by atoms with Crippen LogP contribution in [0, 0.1) is 0 Å². The van der Waals surface area contributed by atoms with Crippen molar-refractivity contribution in [2.75, 3.05) is 13.2 Å². The molecule has 0 unspecified atom stereocenters. The van der Waals surface area contributed by atoms with E-state index in [1.54, 1.807) is 36.4 Å². The Morgan fingerprint density at radius 1 is 1.17 bits per heavy atom. The Hall–Kier alpha value is -1.41. The molecule has 0 fully saturated rings. The summed E-state index contributed by atoms with van der Waals surface area (Å²) in [6, 6.07) is 13.7. The van der Waals surface area contributed by atoms with E-state index in [1.807, 2.05) is 6.07 Å². The van der Waals surface area contributed by atoms with Crippen molar-refractivity contribution in [3.8, 4) is 5.75 Å². The molecule has 122 valence electrons. The van der Waals surface area contributed by atoms with Gasteiger partial charge in [-0.05, 0) is 34.1 Å². The molecule has 5 nitrogen and oxygen atoms in total. The molecule has 3 rings (SSSR count). The van der Waals surface area contributed by atoms with Crippen molar-refractivity contribution in [1.29, 1.82) is 0 Å². The molecule has 0 bridgehead atoms. The third-order valence-corrected chi connectivity index (χ3v) is 6.26. The number of hydrogen-bond donors (Lipinski definition) is 2. The first kappa shape index (κ1) is 16.4. The van der Waals surface area contributed by atoms with Crippen LogP contribution >= 0.6 is 15.9 Å². The van der Waals surface area contributed by atoms with Gasteiger partial charge in [0.25, 0.3) is 0 Å². The summed E-state index contributed by atoms with van der Waals surface area (Å²) in [5.74, 6) is 0.585. The van der Waals surface area contributed by atoms with Crippen LogP contribution in [0.3, 0.4) is 0 Å². The lowest BCUT2D eigenvalue weighted by molar-refractivity contribution is 0.00219. The van der Waals surface area contributed by atoms with E-state index in [4.69, 9.17) is 4.74 Å². The number of rotatable bonds is 4. The van der Waals surface area contributed by atoms with Crippen LogP contribution in [0.4, 0.5) is 0 Å². The molecular formula is C16H16BrNO4S. The Balaban J connectivity index is 1.85. The van der Waals surface area contributed by atoms with Gasteiger partial charge in [-0.15, -0.1) is 0 Å². The van der Waals surface area contributed by atoms with Crippen LogP contribution in [-0.4, -0.2) is 26.7 Å². The van der Waals surface area contributed by atoms with Gasteiger partial charge in [0.15, 0.2) is 0 Å². The molecule has 1 aliphatic rings. The number of ether oxygens (including phenoxy) is 1. The van der Waals surface area contributed by atoms with Crippen molar-refractivity contribution in [1.82, 2.24) is 4.72 Å². The fourth-order valence-electron chi connectivity index (χ4n) is 2.58. The zero-order valence-electron chi connectivity index (χ0n) is 12.2. The van der Waals surface area contributed by atoms with Gasteiger partial charge in [-0.25, -0.2) is 13.1 Å². The highest BCUT2D eigenvalue weighted by Crippen LogP contribution is 2.36. The van der Waals surface area contributed by atoms with Crippen molar-refractivity contribution < 1.29 is 18.3 Å². The number of sulfonamides is 1. The highest BCUT2D eigenvalue weighted by atomic mass is 79.9. The zero-order valence-corrected chi connectivity index (χ0v) is 14.6. The van der Waals surface area contributed by atoms with Crippen LogP contribution in [0.2, 0.25) is 0 Å². The third-order valence-electron chi connectivity index (χ3n) is 3.84. The summed E-state index contributed by atoms with van der Waals surface area (Å²) in [5, 5.41) is 10.9. The normalized spacial score (nSPS) is 20.6. The summed E-state index contributed by atoms with van der Waals surface area (Å²) in [4.78, 5) is 0.143. The second-order valence-corrected chi connectivity index (χ2v) is 7.97. The monoisotopic (exact) mass is 397 g/mol. The summed E-state index contributed by atoms with van der Waals surface area (Å²) < 4.78 is 33.4. The van der Waals surface area contributed by atoms with Gasteiger partial charge >= 0.3 is 0 Å². The van der Waals surface area contributed by atoms with E-state index >= 15 is 0 Å². The van der Waals surface area contributed by atoms with Gasteiger partial charge in [-0.3, -0.25) is 0 Å². The fourth-order valence-corrected chi connectivity index (χ4v) is 4.67. The first-order valence-corrected chi connectivity index (χ1v) is 9.39. The van der Waals surface area contributed by atoms with Gasteiger partial charge in [0.2, 0.25) is 10.0 Å². The van der Waals surface area contributed by atoms with E-state index in [-0.39, 0.29) is 11.4 Å². The van der Waals surface area contributed by atoms with Gasteiger partial charge in [0.05, 0.1) is 11.5 Å². The molecule has 1 aliphatic heterocycles. The molecule has 2 aromatic rings. The lowest BCUT2D eigenvalue weighted by Crippen LogP contribution is -2.43. The molecule has 2 aromatic carbocycles. The van der Waals surface area contributed by atoms with Gasteiger partial charge < -0.3 is 9.84 Å². The van der Waals surface area contributed by atoms with E-state index in [9.17, 15) is 13.5 Å². The lowest BCUT2D eigenvalue weighted by Gasteiger charge is -2.34. The lowest BCUT2D eigenvalue weighted by atomic mass is 9.88. The summed E-state index contributed by atoms with van der Waals surface area (Å²) >= 11 is 3.24. The van der Waals surface area contributed by atoms with Crippen molar-refractivity contribution in [3.63, 3.8) is 0 Å². The molecule has 7 heteroatoms. The zero-order chi connectivity index (χ0) is 16.5. The predicted molar refractivity (Wildman–Crippen MR) is 89.8 cm³/mol. The van der Waals surface area contributed by atoms with Crippen LogP contribution in [0.15, 0.2) is 57.9 Å². The largest absolute Gasteiger partial charge is 0.493 e. The Morgan fingerprint density at radius 2 is 1.87 bits per heavy atom. The van der Waals surface area contributed by atoms with Gasteiger partial charge in [0.1, 0.15) is 11.4 Å². The third kappa shape index (κ3) is 3.28. The molecule has 1 atom stereocenters. The van der Waals surface area contributed by atoms with E-state index in [2.05, 4.69) is 20.7 Å². The topological polar surface area (TPSA) is 75.6 Å². The molecule has 0 aliphatic carbocycles.